The van der Waals surface area contributed by atoms with E-state index in [1.807, 2.05) is 45.6 Å². The number of ether oxygens (including phenoxy) is 2. The van der Waals surface area contributed by atoms with E-state index in [1.165, 1.54) is 6.21 Å². The van der Waals surface area contributed by atoms with E-state index >= 15 is 0 Å². The zero-order valence-electron chi connectivity index (χ0n) is 22.4. The highest BCUT2D eigenvalue weighted by molar-refractivity contribution is 6.12. The number of nitrogens with one attached hydrogen (secondary N) is 1. The fourth-order valence-corrected chi connectivity index (χ4v) is 5.41. The van der Waals surface area contributed by atoms with Crippen LogP contribution in [-0.4, -0.2) is 54.1 Å². The Morgan fingerprint density at radius 1 is 1.31 bits per heavy atom. The summed E-state index contributed by atoms with van der Waals surface area (Å²) in [6, 6.07) is 0. The summed E-state index contributed by atoms with van der Waals surface area (Å²) in [5, 5.41) is 8.28. The lowest BCUT2D eigenvalue weighted by molar-refractivity contribution is -0.133. The molecule has 6 nitrogen and oxygen atoms in total. The molecule has 0 aromatic heterocycles. The molecule has 1 aliphatic carbocycles. The second-order valence-corrected chi connectivity index (χ2v) is 10.0. The van der Waals surface area contributed by atoms with Gasteiger partial charge in [-0.3, -0.25) is 9.79 Å². The lowest BCUT2D eigenvalue weighted by Gasteiger charge is -2.49. The molecular weight excluding hydrogens is 438 g/mol. The molecule has 3 aliphatic rings. The van der Waals surface area contributed by atoms with Gasteiger partial charge in [0, 0.05) is 62.7 Å². The van der Waals surface area contributed by atoms with Crippen molar-refractivity contribution in [3.8, 4) is 0 Å². The Balaban J connectivity index is 1.80. The summed E-state index contributed by atoms with van der Waals surface area (Å²) < 4.78 is 12.7. The minimum absolute atomic E-state index is 0.0566. The molecule has 0 radical (unpaired) electrons. The van der Waals surface area contributed by atoms with Crippen molar-refractivity contribution in [2.24, 2.45) is 10.9 Å². The molecule has 1 unspecified atom stereocenters. The van der Waals surface area contributed by atoms with E-state index in [4.69, 9.17) is 19.9 Å². The summed E-state index contributed by atoms with van der Waals surface area (Å²) in [4.78, 5) is 20.1. The maximum Gasteiger partial charge on any atom is 0.249 e. The van der Waals surface area contributed by atoms with Gasteiger partial charge in [0.15, 0.2) is 0 Å². The topological polar surface area (TPSA) is 75.0 Å². The number of carbonyl (C=O) groups excluding carboxylic acids is 1. The number of carbonyl (C=O) groups is 1. The average Bonchev–Trinajstić information content (AvgIpc) is 3.07. The van der Waals surface area contributed by atoms with Gasteiger partial charge in [-0.15, -0.1) is 0 Å². The Labute approximate surface area is 211 Å². The summed E-state index contributed by atoms with van der Waals surface area (Å²) in [6.07, 6.45) is 13.1. The number of rotatable bonds is 7. The van der Waals surface area contributed by atoms with Gasteiger partial charge in [-0.25, -0.2) is 0 Å². The lowest BCUT2D eigenvalue weighted by Crippen LogP contribution is -2.56. The van der Waals surface area contributed by atoms with Crippen molar-refractivity contribution in [2.75, 3.05) is 19.6 Å². The van der Waals surface area contributed by atoms with Crippen LogP contribution in [0.15, 0.2) is 51.5 Å². The van der Waals surface area contributed by atoms with E-state index in [0.717, 1.165) is 59.6 Å². The van der Waals surface area contributed by atoms with Crippen molar-refractivity contribution < 1.29 is 14.3 Å². The van der Waals surface area contributed by atoms with Gasteiger partial charge >= 0.3 is 0 Å². The van der Waals surface area contributed by atoms with Crippen molar-refractivity contribution in [3.05, 3.63) is 46.5 Å². The van der Waals surface area contributed by atoms with Gasteiger partial charge in [0.2, 0.25) is 5.91 Å². The third kappa shape index (κ3) is 5.96. The smallest absolute Gasteiger partial charge is 0.249 e. The molecule has 192 valence electrons. The Hall–Kier alpha value is -2.63. The summed E-state index contributed by atoms with van der Waals surface area (Å²) in [7, 11) is 0. The first-order valence-electron chi connectivity index (χ1n) is 13.2. The Morgan fingerprint density at radius 2 is 2.03 bits per heavy atom. The number of piperidine rings is 1. The largest absolute Gasteiger partial charge is 0.495 e. The number of hydrogen-bond acceptors (Lipinski definition) is 5. The van der Waals surface area contributed by atoms with Crippen molar-refractivity contribution in [1.29, 1.82) is 5.41 Å². The van der Waals surface area contributed by atoms with Gasteiger partial charge in [0.05, 0.1) is 23.5 Å². The molecule has 1 atom stereocenters. The van der Waals surface area contributed by atoms with E-state index in [9.17, 15) is 4.79 Å². The maximum atomic E-state index is 13.3. The van der Waals surface area contributed by atoms with Gasteiger partial charge < -0.3 is 19.8 Å². The van der Waals surface area contributed by atoms with Crippen LogP contribution in [0.2, 0.25) is 0 Å². The Kier molecular flexibility index (Phi) is 9.15. The molecule has 0 aromatic rings. The molecule has 0 saturated carbocycles. The number of likely N-dealkylation sites (tertiary alicyclic amines) is 1. The number of allylic oxidation sites excluding steroid dienone is 7. The highest BCUT2D eigenvalue weighted by Crippen LogP contribution is 2.44. The van der Waals surface area contributed by atoms with Crippen molar-refractivity contribution in [1.82, 2.24) is 4.90 Å². The highest BCUT2D eigenvalue weighted by Gasteiger charge is 2.50. The number of amides is 1. The minimum atomic E-state index is -0.503. The van der Waals surface area contributed by atoms with E-state index in [2.05, 4.69) is 19.1 Å². The van der Waals surface area contributed by atoms with Gasteiger partial charge in [-0.05, 0) is 59.1 Å². The van der Waals surface area contributed by atoms with E-state index in [-0.39, 0.29) is 17.9 Å². The molecule has 3 rings (SSSR count). The Bertz CT molecular complexity index is 960. The summed E-state index contributed by atoms with van der Waals surface area (Å²) in [6.45, 7) is 13.9. The van der Waals surface area contributed by atoms with Crippen LogP contribution in [0.5, 0.6) is 0 Å². The van der Waals surface area contributed by atoms with Crippen LogP contribution >= 0.6 is 0 Å². The maximum absolute atomic E-state index is 13.3. The van der Waals surface area contributed by atoms with Gasteiger partial charge in [0.25, 0.3) is 0 Å². The predicted molar refractivity (Wildman–Crippen MR) is 143 cm³/mol. The minimum Gasteiger partial charge on any atom is -0.495 e. The summed E-state index contributed by atoms with van der Waals surface area (Å²) >= 11 is 0. The number of nitrogens with zero attached hydrogens (tertiary/aromatic N) is 2. The number of aliphatic imine (C=N–C) groups is 1. The molecule has 0 aromatic carbocycles. The molecule has 35 heavy (non-hydrogen) atoms. The zero-order chi connectivity index (χ0) is 25.6. The monoisotopic (exact) mass is 481 g/mol. The Morgan fingerprint density at radius 3 is 2.63 bits per heavy atom. The van der Waals surface area contributed by atoms with Crippen LogP contribution in [0.4, 0.5) is 0 Å². The lowest BCUT2D eigenvalue weighted by atomic mass is 9.73. The second kappa shape index (κ2) is 11.9. The highest BCUT2D eigenvalue weighted by atomic mass is 16.5. The van der Waals surface area contributed by atoms with E-state index in [1.54, 1.807) is 0 Å². The van der Waals surface area contributed by atoms with Gasteiger partial charge in [-0.2, -0.15) is 0 Å². The molecule has 2 heterocycles. The predicted octanol–water partition coefficient (Wildman–Crippen LogP) is 6.15. The van der Waals surface area contributed by atoms with Crippen LogP contribution in [-0.2, 0) is 14.3 Å². The van der Waals surface area contributed by atoms with Gasteiger partial charge in [-0.1, -0.05) is 19.1 Å². The van der Waals surface area contributed by atoms with E-state index < -0.39 is 5.60 Å². The zero-order valence-corrected chi connectivity index (χ0v) is 22.4. The van der Waals surface area contributed by atoms with Crippen LogP contribution in [0.3, 0.4) is 0 Å². The summed E-state index contributed by atoms with van der Waals surface area (Å²) in [5.41, 5.74) is 3.27. The normalized spacial score (nSPS) is 24.2. The van der Waals surface area contributed by atoms with Crippen molar-refractivity contribution in [3.63, 3.8) is 0 Å². The molecule has 1 amide bonds. The molecule has 6 heteroatoms. The van der Waals surface area contributed by atoms with E-state index in [0.29, 0.717) is 32.5 Å². The third-order valence-corrected chi connectivity index (χ3v) is 7.12. The molecular formula is C29H43N3O3. The first-order valence-corrected chi connectivity index (χ1v) is 13.2. The fourth-order valence-electron chi connectivity index (χ4n) is 5.41. The fraction of sp³-hybridized carbons (Fsp3) is 0.621. The second-order valence-electron chi connectivity index (χ2n) is 10.0. The first-order chi connectivity index (χ1) is 16.8. The van der Waals surface area contributed by atoms with Crippen molar-refractivity contribution in [2.45, 2.75) is 91.8 Å². The standard InChI is InChI=1S/C29H43N3O3/c1-7-25(34-20(3)4)21(5)18-22(6)28(33)32-16-14-29(15-17-32)24(19-30)27(31-8-2)23-12-10-9-11-13-26(23)35-29/h10,12,18-20,24,30H,7-9,11,13-17H2,1-6H3. The third-order valence-electron chi connectivity index (χ3n) is 7.12. The molecule has 1 N–H and O–H groups in total. The van der Waals surface area contributed by atoms with Crippen LogP contribution in [0.25, 0.3) is 0 Å². The van der Waals surface area contributed by atoms with Crippen LogP contribution in [0, 0.1) is 11.3 Å². The number of hydrogen-bond donors (Lipinski definition) is 1. The summed E-state index contributed by atoms with van der Waals surface area (Å²) in [5.74, 6) is 1.81. The first kappa shape index (κ1) is 27.0. The SMILES string of the molecule is CCN=C1C2=C(CCCC=C2)OC2(CCN(C(=O)C(C)=CC(C)=C(CC)OC(C)C)CC2)C1C=N. The molecule has 1 spiro atoms. The van der Waals surface area contributed by atoms with Crippen molar-refractivity contribution >= 4 is 17.8 Å². The van der Waals surface area contributed by atoms with Crippen LogP contribution in [0.1, 0.15) is 80.1 Å². The van der Waals surface area contributed by atoms with Gasteiger partial charge in [0.1, 0.15) is 11.4 Å². The quantitative estimate of drug-likeness (QED) is 0.205. The molecule has 2 aliphatic heterocycles. The molecule has 1 fully saturated rings. The average molecular weight is 482 g/mol. The molecule has 0 bridgehead atoms. The molecule has 1 saturated heterocycles. The van der Waals surface area contributed by atoms with Crippen LogP contribution < -0.4 is 0 Å².